The molecule has 0 aromatic carbocycles. The highest BCUT2D eigenvalue weighted by molar-refractivity contribution is 7.16. The van der Waals surface area contributed by atoms with Crippen molar-refractivity contribution < 1.29 is 4.74 Å². The first-order valence-corrected chi connectivity index (χ1v) is 7.57. The summed E-state index contributed by atoms with van der Waals surface area (Å²) in [6.07, 6.45) is 3.96. The van der Waals surface area contributed by atoms with E-state index >= 15 is 0 Å². The van der Waals surface area contributed by atoms with Crippen LogP contribution in [0.5, 0.6) is 5.88 Å². The van der Waals surface area contributed by atoms with E-state index in [4.69, 9.17) is 10.5 Å². The monoisotopic (exact) mass is 278 g/mol. The fourth-order valence-corrected chi connectivity index (χ4v) is 3.17. The molecule has 6 heteroatoms. The molecule has 1 fully saturated rings. The van der Waals surface area contributed by atoms with E-state index in [0.29, 0.717) is 12.5 Å². The smallest absolute Gasteiger partial charge is 0.227 e. The van der Waals surface area contributed by atoms with E-state index in [1.54, 1.807) is 11.3 Å². The highest BCUT2D eigenvalue weighted by Gasteiger charge is 2.12. The van der Waals surface area contributed by atoms with Gasteiger partial charge in [-0.15, -0.1) is 11.3 Å². The molecular weight excluding hydrogens is 260 g/mol. The summed E-state index contributed by atoms with van der Waals surface area (Å²) in [5.74, 6) is 0.892. The maximum Gasteiger partial charge on any atom is 0.227 e. The number of aromatic nitrogens is 2. The molecule has 0 spiro atoms. The lowest BCUT2D eigenvalue weighted by molar-refractivity contribution is 0.181. The highest BCUT2D eigenvalue weighted by atomic mass is 32.1. The highest BCUT2D eigenvalue weighted by Crippen LogP contribution is 2.27. The third kappa shape index (κ3) is 2.96. The number of hydrogen-bond donors (Lipinski definition) is 1. The number of nitrogen functional groups attached to an aromatic ring is 1. The van der Waals surface area contributed by atoms with Crippen molar-refractivity contribution in [2.24, 2.45) is 0 Å². The van der Waals surface area contributed by atoms with Gasteiger partial charge in [-0.25, -0.2) is 4.98 Å². The van der Waals surface area contributed by atoms with Crippen LogP contribution in [-0.4, -0.2) is 41.1 Å². The number of ether oxygens (including phenoxy) is 1. The standard InChI is InChI=1S/C13H18N4OS/c14-13-15-11(10-4-9-19-12(10)16-13)18-8-7-17-5-2-1-3-6-17/h4,9H,1-3,5-8H2,(H2,14,15,16). The summed E-state index contributed by atoms with van der Waals surface area (Å²) >= 11 is 1.56. The number of likely N-dealkylation sites (tertiary alicyclic amines) is 1. The molecule has 3 heterocycles. The molecular formula is C13H18N4OS. The van der Waals surface area contributed by atoms with Crippen molar-refractivity contribution in [3.8, 4) is 5.88 Å². The Hall–Kier alpha value is -1.40. The van der Waals surface area contributed by atoms with Gasteiger partial charge in [0.1, 0.15) is 11.4 Å². The van der Waals surface area contributed by atoms with Gasteiger partial charge in [0, 0.05) is 6.54 Å². The largest absolute Gasteiger partial charge is 0.476 e. The molecule has 0 unspecified atom stereocenters. The Bertz CT molecular complexity index is 551. The zero-order valence-corrected chi connectivity index (χ0v) is 11.7. The molecule has 0 aliphatic carbocycles. The van der Waals surface area contributed by atoms with E-state index in [0.717, 1.165) is 16.8 Å². The Balaban J connectivity index is 1.63. The van der Waals surface area contributed by atoms with Gasteiger partial charge in [0.25, 0.3) is 0 Å². The Kier molecular flexibility index (Phi) is 3.79. The second-order valence-electron chi connectivity index (χ2n) is 4.78. The van der Waals surface area contributed by atoms with Crippen LogP contribution in [-0.2, 0) is 0 Å². The maximum atomic E-state index is 5.80. The molecule has 2 aromatic heterocycles. The number of rotatable bonds is 4. The molecule has 2 aromatic rings. The average molecular weight is 278 g/mol. The van der Waals surface area contributed by atoms with Crippen molar-refractivity contribution in [3.05, 3.63) is 11.4 Å². The number of piperidine rings is 1. The van der Waals surface area contributed by atoms with E-state index in [1.807, 2.05) is 11.4 Å². The normalized spacial score (nSPS) is 16.8. The van der Waals surface area contributed by atoms with Gasteiger partial charge in [0.15, 0.2) is 0 Å². The van der Waals surface area contributed by atoms with E-state index < -0.39 is 0 Å². The number of anilines is 1. The molecule has 2 N–H and O–H groups in total. The van der Waals surface area contributed by atoms with Crippen molar-refractivity contribution in [1.82, 2.24) is 14.9 Å². The quantitative estimate of drug-likeness (QED) is 0.928. The van der Waals surface area contributed by atoms with Gasteiger partial charge in [-0.3, -0.25) is 4.90 Å². The summed E-state index contributed by atoms with van der Waals surface area (Å²) in [6.45, 7) is 3.98. The topological polar surface area (TPSA) is 64.3 Å². The number of fused-ring (bicyclic) bond motifs is 1. The molecule has 0 radical (unpaired) electrons. The van der Waals surface area contributed by atoms with Crippen LogP contribution in [0.4, 0.5) is 5.95 Å². The van der Waals surface area contributed by atoms with Crippen LogP contribution < -0.4 is 10.5 Å². The van der Waals surface area contributed by atoms with E-state index in [9.17, 15) is 0 Å². The van der Waals surface area contributed by atoms with Gasteiger partial charge < -0.3 is 10.5 Å². The van der Waals surface area contributed by atoms with Crippen LogP contribution in [0.3, 0.4) is 0 Å². The van der Waals surface area contributed by atoms with Crippen LogP contribution in [0.2, 0.25) is 0 Å². The summed E-state index contributed by atoms with van der Waals surface area (Å²) in [4.78, 5) is 11.7. The Morgan fingerprint density at radius 1 is 1.26 bits per heavy atom. The van der Waals surface area contributed by atoms with Crippen LogP contribution in [0.15, 0.2) is 11.4 Å². The summed E-state index contributed by atoms with van der Waals surface area (Å²) in [5.41, 5.74) is 5.69. The Morgan fingerprint density at radius 3 is 2.95 bits per heavy atom. The molecule has 0 atom stereocenters. The fourth-order valence-electron chi connectivity index (χ4n) is 2.41. The molecule has 0 amide bonds. The van der Waals surface area contributed by atoms with E-state index in [1.165, 1.54) is 32.4 Å². The second kappa shape index (κ2) is 5.71. The molecule has 0 bridgehead atoms. The minimum Gasteiger partial charge on any atom is -0.476 e. The van der Waals surface area contributed by atoms with Crippen molar-refractivity contribution in [2.45, 2.75) is 19.3 Å². The van der Waals surface area contributed by atoms with Crippen LogP contribution in [0.25, 0.3) is 10.2 Å². The third-order valence-electron chi connectivity index (χ3n) is 3.40. The maximum absolute atomic E-state index is 5.80. The average Bonchev–Trinajstić information content (AvgIpc) is 2.88. The van der Waals surface area contributed by atoms with Gasteiger partial charge in [0.05, 0.1) is 5.39 Å². The molecule has 0 saturated carbocycles. The molecule has 19 heavy (non-hydrogen) atoms. The predicted molar refractivity (Wildman–Crippen MR) is 77.6 cm³/mol. The minimum atomic E-state index is 0.280. The third-order valence-corrected chi connectivity index (χ3v) is 4.21. The summed E-state index contributed by atoms with van der Waals surface area (Å²) in [5, 5.41) is 2.94. The molecule has 102 valence electrons. The van der Waals surface area contributed by atoms with Gasteiger partial charge in [-0.2, -0.15) is 4.98 Å². The first kappa shape index (κ1) is 12.6. The van der Waals surface area contributed by atoms with E-state index in [2.05, 4.69) is 14.9 Å². The summed E-state index contributed by atoms with van der Waals surface area (Å²) in [6, 6.07) is 1.98. The predicted octanol–water partition coefficient (Wildman–Crippen LogP) is 2.14. The second-order valence-corrected chi connectivity index (χ2v) is 5.67. The molecule has 3 rings (SSSR count). The van der Waals surface area contributed by atoms with Crippen LogP contribution >= 0.6 is 11.3 Å². The fraction of sp³-hybridized carbons (Fsp3) is 0.538. The molecule has 1 aliphatic rings. The zero-order chi connectivity index (χ0) is 13.1. The molecule has 5 nitrogen and oxygen atoms in total. The van der Waals surface area contributed by atoms with Crippen molar-refractivity contribution in [1.29, 1.82) is 0 Å². The Morgan fingerprint density at radius 2 is 2.11 bits per heavy atom. The van der Waals surface area contributed by atoms with Crippen molar-refractivity contribution in [3.63, 3.8) is 0 Å². The van der Waals surface area contributed by atoms with Gasteiger partial charge in [-0.05, 0) is 37.4 Å². The van der Waals surface area contributed by atoms with E-state index in [-0.39, 0.29) is 5.95 Å². The first-order chi connectivity index (χ1) is 9.33. The van der Waals surface area contributed by atoms with Crippen molar-refractivity contribution in [2.75, 3.05) is 32.0 Å². The lowest BCUT2D eigenvalue weighted by Crippen LogP contribution is -2.33. The zero-order valence-electron chi connectivity index (χ0n) is 10.8. The number of hydrogen-bond acceptors (Lipinski definition) is 6. The lowest BCUT2D eigenvalue weighted by atomic mass is 10.1. The van der Waals surface area contributed by atoms with Gasteiger partial charge in [-0.1, -0.05) is 6.42 Å². The Labute approximate surface area is 116 Å². The SMILES string of the molecule is Nc1nc(OCCN2CCCCC2)c2ccsc2n1. The number of thiophene rings is 1. The summed E-state index contributed by atoms with van der Waals surface area (Å²) < 4.78 is 5.80. The van der Waals surface area contributed by atoms with Gasteiger partial charge >= 0.3 is 0 Å². The number of nitrogens with two attached hydrogens (primary N) is 1. The van der Waals surface area contributed by atoms with Gasteiger partial charge in [0.2, 0.25) is 11.8 Å². The molecule has 1 aliphatic heterocycles. The molecule has 1 saturated heterocycles. The van der Waals surface area contributed by atoms with Crippen molar-refractivity contribution >= 4 is 27.5 Å². The van der Waals surface area contributed by atoms with Crippen LogP contribution in [0, 0.1) is 0 Å². The van der Waals surface area contributed by atoms with Crippen LogP contribution in [0.1, 0.15) is 19.3 Å². The summed E-state index contributed by atoms with van der Waals surface area (Å²) in [7, 11) is 0. The first-order valence-electron chi connectivity index (χ1n) is 6.69. The number of nitrogens with zero attached hydrogens (tertiary/aromatic N) is 3. The minimum absolute atomic E-state index is 0.280. The lowest BCUT2D eigenvalue weighted by Gasteiger charge is -2.26.